The first-order chi connectivity index (χ1) is 4.47. The van der Waals surface area contributed by atoms with Gasteiger partial charge in [-0.05, 0) is 6.08 Å². The van der Waals surface area contributed by atoms with Gasteiger partial charge in [0.05, 0.1) is 6.54 Å². The van der Waals surface area contributed by atoms with Crippen LogP contribution in [0.4, 0.5) is 0 Å². The molecule has 0 N–H and O–H groups in total. The van der Waals surface area contributed by atoms with Gasteiger partial charge in [0.2, 0.25) is 0 Å². The summed E-state index contributed by atoms with van der Waals surface area (Å²) in [6, 6.07) is 0. The second-order valence-corrected chi connectivity index (χ2v) is 2.00. The Morgan fingerprint density at radius 1 is 1.67 bits per heavy atom. The maximum atomic E-state index is 5.15. The molecule has 1 unspecified atom stereocenters. The van der Waals surface area contributed by atoms with Gasteiger partial charge in [-0.1, -0.05) is 0 Å². The van der Waals surface area contributed by atoms with Gasteiger partial charge in [0.25, 0.3) is 0 Å². The summed E-state index contributed by atoms with van der Waals surface area (Å²) in [6.07, 6.45) is 3.71. The Morgan fingerprint density at radius 2 is 2.67 bits per heavy atom. The largest absolute Gasteiger partial charge is 0.469 e. The van der Waals surface area contributed by atoms with Gasteiger partial charge in [0, 0.05) is 6.21 Å². The van der Waals surface area contributed by atoms with Gasteiger partial charge >= 0.3 is 0 Å². The smallest absolute Gasteiger partial charge is 0.189 e. The van der Waals surface area contributed by atoms with Crippen molar-refractivity contribution in [3.05, 3.63) is 11.8 Å². The predicted octanol–water partition coefficient (Wildman–Crippen LogP) is 0.328. The van der Waals surface area contributed by atoms with E-state index in [2.05, 4.69) is 4.99 Å². The minimum Gasteiger partial charge on any atom is -0.469 e. The fourth-order valence-electron chi connectivity index (χ4n) is 0.940. The van der Waals surface area contributed by atoms with Crippen molar-refractivity contribution in [3.63, 3.8) is 0 Å². The van der Waals surface area contributed by atoms with Crippen molar-refractivity contribution >= 4 is 6.21 Å². The number of hydrogen-bond donors (Lipinski definition) is 0. The van der Waals surface area contributed by atoms with Crippen LogP contribution in [0.15, 0.2) is 16.8 Å². The highest BCUT2D eigenvalue weighted by Crippen LogP contribution is 2.18. The minimum atomic E-state index is 0.106. The molecular formula is C6H7NO2. The topological polar surface area (TPSA) is 30.8 Å². The van der Waals surface area contributed by atoms with Crippen molar-refractivity contribution in [2.45, 2.75) is 6.10 Å². The zero-order valence-electron chi connectivity index (χ0n) is 4.91. The van der Waals surface area contributed by atoms with Crippen LogP contribution in [0.3, 0.4) is 0 Å². The molecule has 1 atom stereocenters. The zero-order chi connectivity index (χ0) is 6.10. The molecule has 0 aromatic heterocycles. The first-order valence-electron chi connectivity index (χ1n) is 2.91. The first-order valence-corrected chi connectivity index (χ1v) is 2.91. The summed E-state index contributed by atoms with van der Waals surface area (Å²) >= 11 is 0. The molecule has 2 rings (SSSR count). The van der Waals surface area contributed by atoms with Crippen LogP contribution in [0.1, 0.15) is 0 Å². The number of ether oxygens (including phenoxy) is 2. The predicted molar refractivity (Wildman–Crippen MR) is 32.3 cm³/mol. The van der Waals surface area contributed by atoms with E-state index in [4.69, 9.17) is 9.47 Å². The van der Waals surface area contributed by atoms with E-state index < -0.39 is 0 Å². The molecule has 0 spiro atoms. The molecule has 2 aliphatic rings. The van der Waals surface area contributed by atoms with E-state index in [0.29, 0.717) is 13.3 Å². The van der Waals surface area contributed by atoms with Crippen molar-refractivity contribution in [1.29, 1.82) is 0 Å². The number of fused-ring (bicyclic) bond motifs is 1. The number of nitrogens with zero attached hydrogens (tertiary/aromatic N) is 1. The van der Waals surface area contributed by atoms with Crippen molar-refractivity contribution in [3.8, 4) is 0 Å². The SMILES string of the molecule is C1=NCC2OCOC2=C1. The molecule has 0 aromatic carbocycles. The second kappa shape index (κ2) is 1.84. The van der Waals surface area contributed by atoms with Gasteiger partial charge in [-0.25, -0.2) is 0 Å². The lowest BCUT2D eigenvalue weighted by Gasteiger charge is -2.06. The molecule has 1 fully saturated rings. The van der Waals surface area contributed by atoms with Crippen LogP contribution in [0.2, 0.25) is 0 Å². The molecule has 0 bridgehead atoms. The molecule has 2 aliphatic heterocycles. The maximum Gasteiger partial charge on any atom is 0.189 e. The average molecular weight is 125 g/mol. The van der Waals surface area contributed by atoms with E-state index in [1.807, 2.05) is 6.08 Å². The third kappa shape index (κ3) is 0.733. The minimum absolute atomic E-state index is 0.106. The van der Waals surface area contributed by atoms with Crippen molar-refractivity contribution in [2.75, 3.05) is 13.3 Å². The van der Waals surface area contributed by atoms with Crippen LogP contribution in [0.5, 0.6) is 0 Å². The Bertz CT molecular complexity index is 174. The van der Waals surface area contributed by atoms with Crippen molar-refractivity contribution in [1.82, 2.24) is 0 Å². The molecule has 0 saturated carbocycles. The standard InChI is InChI=1S/C6H7NO2/c1-2-7-3-6-5(1)8-4-9-6/h1-2,6H,3-4H2. The quantitative estimate of drug-likeness (QED) is 0.467. The van der Waals surface area contributed by atoms with Crippen molar-refractivity contribution < 1.29 is 9.47 Å². The molecule has 0 aliphatic carbocycles. The highest BCUT2D eigenvalue weighted by Gasteiger charge is 2.23. The van der Waals surface area contributed by atoms with Gasteiger partial charge in [-0.3, -0.25) is 4.99 Å². The molecule has 48 valence electrons. The van der Waals surface area contributed by atoms with Crippen LogP contribution in [-0.2, 0) is 9.47 Å². The Hall–Kier alpha value is -0.830. The van der Waals surface area contributed by atoms with Crippen LogP contribution >= 0.6 is 0 Å². The van der Waals surface area contributed by atoms with E-state index in [0.717, 1.165) is 5.76 Å². The molecule has 2 heterocycles. The zero-order valence-corrected chi connectivity index (χ0v) is 4.91. The van der Waals surface area contributed by atoms with Gasteiger partial charge in [0.15, 0.2) is 6.79 Å². The summed E-state index contributed by atoms with van der Waals surface area (Å²) in [5.41, 5.74) is 0. The van der Waals surface area contributed by atoms with Crippen LogP contribution < -0.4 is 0 Å². The number of rotatable bonds is 0. The number of dihydropyridines is 1. The molecule has 3 nitrogen and oxygen atoms in total. The summed E-state index contributed by atoms with van der Waals surface area (Å²) in [7, 11) is 0. The monoisotopic (exact) mass is 125 g/mol. The van der Waals surface area contributed by atoms with Crippen LogP contribution in [-0.4, -0.2) is 25.7 Å². The van der Waals surface area contributed by atoms with Gasteiger partial charge < -0.3 is 9.47 Å². The molecule has 0 amide bonds. The van der Waals surface area contributed by atoms with Crippen LogP contribution in [0.25, 0.3) is 0 Å². The lowest BCUT2D eigenvalue weighted by atomic mass is 10.2. The van der Waals surface area contributed by atoms with E-state index >= 15 is 0 Å². The molecule has 0 radical (unpaired) electrons. The molecule has 9 heavy (non-hydrogen) atoms. The van der Waals surface area contributed by atoms with E-state index in [9.17, 15) is 0 Å². The third-order valence-electron chi connectivity index (χ3n) is 1.43. The Morgan fingerprint density at radius 3 is 3.56 bits per heavy atom. The summed E-state index contributed by atoms with van der Waals surface area (Å²) in [5, 5.41) is 0. The molecule has 3 heteroatoms. The Labute approximate surface area is 53.0 Å². The van der Waals surface area contributed by atoms with Gasteiger partial charge in [-0.2, -0.15) is 0 Å². The lowest BCUT2D eigenvalue weighted by Crippen LogP contribution is -2.14. The summed E-state index contributed by atoms with van der Waals surface area (Å²) in [6.45, 7) is 1.10. The number of hydrogen-bond acceptors (Lipinski definition) is 3. The fourth-order valence-corrected chi connectivity index (χ4v) is 0.940. The Balaban J connectivity index is 2.23. The van der Waals surface area contributed by atoms with E-state index in [1.54, 1.807) is 6.21 Å². The summed E-state index contributed by atoms with van der Waals surface area (Å²) in [4.78, 5) is 4.01. The molecular weight excluding hydrogens is 118 g/mol. The van der Waals surface area contributed by atoms with E-state index in [1.165, 1.54) is 0 Å². The highest BCUT2D eigenvalue weighted by molar-refractivity contribution is 5.73. The number of aliphatic imine (C=N–C) groups is 1. The summed E-state index contributed by atoms with van der Waals surface area (Å²) in [5.74, 6) is 0.921. The third-order valence-corrected chi connectivity index (χ3v) is 1.43. The molecule has 1 saturated heterocycles. The fraction of sp³-hybridized carbons (Fsp3) is 0.500. The Kier molecular flexibility index (Phi) is 1.02. The molecule has 0 aromatic rings. The highest BCUT2D eigenvalue weighted by atomic mass is 16.7. The maximum absolute atomic E-state index is 5.15. The van der Waals surface area contributed by atoms with Crippen molar-refractivity contribution in [2.24, 2.45) is 4.99 Å². The van der Waals surface area contributed by atoms with Crippen LogP contribution in [0, 0.1) is 0 Å². The van der Waals surface area contributed by atoms with E-state index in [-0.39, 0.29) is 6.10 Å². The number of allylic oxidation sites excluding steroid dienone is 1. The first kappa shape index (κ1) is 4.99. The van der Waals surface area contributed by atoms with Gasteiger partial charge in [0.1, 0.15) is 11.9 Å². The normalized spacial score (nSPS) is 31.1. The second-order valence-electron chi connectivity index (χ2n) is 2.00. The average Bonchev–Trinajstić information content (AvgIpc) is 2.33. The van der Waals surface area contributed by atoms with Gasteiger partial charge in [-0.15, -0.1) is 0 Å². The lowest BCUT2D eigenvalue weighted by molar-refractivity contribution is 0.0528. The summed E-state index contributed by atoms with van der Waals surface area (Å²) < 4.78 is 10.3.